The molecule has 124 valence electrons. The summed E-state index contributed by atoms with van der Waals surface area (Å²) in [5, 5.41) is 8.84. The van der Waals surface area contributed by atoms with Crippen LogP contribution in [0.5, 0.6) is 0 Å². The number of hydrogen-bond donors (Lipinski definition) is 4. The Morgan fingerprint density at radius 1 is 0.952 bits per heavy atom. The van der Waals surface area contributed by atoms with Crippen molar-refractivity contribution < 1.29 is 19.1 Å². The monoisotopic (exact) mass is 304 g/mol. The Bertz CT molecular complexity index is 300. The van der Waals surface area contributed by atoms with Crippen molar-refractivity contribution >= 4 is 12.1 Å². The van der Waals surface area contributed by atoms with Gasteiger partial charge >= 0.3 is 12.1 Å². The molecule has 0 aromatic heterocycles. The molecule has 8 nitrogen and oxygen atoms in total. The summed E-state index contributed by atoms with van der Waals surface area (Å²) in [6.45, 7) is 9.00. The Hall–Kier alpha value is -1.38. The number of ether oxygens (including phenoxy) is 2. The van der Waals surface area contributed by atoms with Gasteiger partial charge in [-0.1, -0.05) is 13.8 Å². The predicted molar refractivity (Wildman–Crippen MR) is 79.7 cm³/mol. The average Bonchev–Trinajstić information content (AvgIpc) is 2.41. The number of nitrogens with two attached hydrogens (primary N) is 1. The van der Waals surface area contributed by atoms with E-state index in [1.165, 1.54) is 6.92 Å². The highest BCUT2D eigenvalue weighted by Gasteiger charge is 2.15. The Balaban J connectivity index is 3.51. The minimum absolute atomic E-state index is 0.254. The molecule has 0 aliphatic rings. The van der Waals surface area contributed by atoms with Crippen molar-refractivity contribution in [2.45, 2.75) is 27.1 Å². The topological polar surface area (TPSA) is 115 Å². The number of rotatable bonds is 11. The second-order valence-electron chi connectivity index (χ2n) is 4.78. The van der Waals surface area contributed by atoms with Gasteiger partial charge in [0.2, 0.25) is 6.29 Å². The standard InChI is InChI=1S/C13H28N4O4/c1-10(2)12(18)20-11(3)21-13(19)17-9-8-16-7-6-15-5-4-14/h10-11,15-16H,4-9,14H2,1-3H3,(H,17,19)/t11-/m0/s1. The van der Waals surface area contributed by atoms with Crippen LogP contribution in [-0.2, 0) is 14.3 Å². The molecule has 5 N–H and O–H groups in total. The third-order valence-corrected chi connectivity index (χ3v) is 2.40. The van der Waals surface area contributed by atoms with E-state index in [2.05, 4.69) is 16.0 Å². The van der Waals surface area contributed by atoms with Crippen LogP contribution in [0.2, 0.25) is 0 Å². The minimum Gasteiger partial charge on any atom is -0.425 e. The molecule has 8 heteroatoms. The van der Waals surface area contributed by atoms with Gasteiger partial charge in [0.25, 0.3) is 0 Å². The molecule has 0 fully saturated rings. The number of alkyl carbamates (subject to hydrolysis) is 1. The first kappa shape index (κ1) is 19.6. The lowest BCUT2D eigenvalue weighted by molar-refractivity contribution is -0.168. The van der Waals surface area contributed by atoms with Gasteiger partial charge in [0.05, 0.1) is 5.92 Å². The smallest absolute Gasteiger partial charge is 0.410 e. The first-order valence-electron chi connectivity index (χ1n) is 7.23. The SMILES string of the molecule is CC(C)C(=O)O[C@H](C)OC(=O)NCCNCCNCCN. The van der Waals surface area contributed by atoms with Crippen molar-refractivity contribution in [3.05, 3.63) is 0 Å². The van der Waals surface area contributed by atoms with Gasteiger partial charge in [-0.2, -0.15) is 0 Å². The number of amides is 1. The van der Waals surface area contributed by atoms with Gasteiger partial charge in [-0.05, 0) is 0 Å². The largest absolute Gasteiger partial charge is 0.425 e. The predicted octanol–water partition coefficient (Wildman–Crippen LogP) is -0.604. The molecular formula is C13H28N4O4. The van der Waals surface area contributed by atoms with Gasteiger partial charge in [-0.15, -0.1) is 0 Å². The molecule has 0 unspecified atom stereocenters. The Labute approximate surface area is 126 Å². The van der Waals surface area contributed by atoms with E-state index < -0.39 is 18.4 Å². The lowest BCUT2D eigenvalue weighted by Crippen LogP contribution is -2.37. The highest BCUT2D eigenvalue weighted by Crippen LogP contribution is 2.01. The maximum atomic E-state index is 11.4. The van der Waals surface area contributed by atoms with Crippen LogP contribution in [0.4, 0.5) is 4.79 Å². The molecule has 0 heterocycles. The van der Waals surface area contributed by atoms with Crippen molar-refractivity contribution in [3.8, 4) is 0 Å². The van der Waals surface area contributed by atoms with Gasteiger partial charge in [-0.3, -0.25) is 4.79 Å². The Kier molecular flexibility index (Phi) is 11.6. The molecule has 0 aromatic carbocycles. The second kappa shape index (κ2) is 12.4. The lowest BCUT2D eigenvalue weighted by atomic mass is 10.2. The van der Waals surface area contributed by atoms with Crippen molar-refractivity contribution in [2.24, 2.45) is 11.7 Å². The molecule has 0 saturated carbocycles. The van der Waals surface area contributed by atoms with Gasteiger partial charge in [-0.25, -0.2) is 4.79 Å². The van der Waals surface area contributed by atoms with Crippen LogP contribution in [0.15, 0.2) is 0 Å². The number of nitrogens with one attached hydrogen (secondary N) is 3. The molecule has 21 heavy (non-hydrogen) atoms. The zero-order valence-electron chi connectivity index (χ0n) is 13.1. The van der Waals surface area contributed by atoms with Crippen molar-refractivity contribution in [1.82, 2.24) is 16.0 Å². The van der Waals surface area contributed by atoms with Crippen LogP contribution in [0.1, 0.15) is 20.8 Å². The molecule has 0 aliphatic carbocycles. The fourth-order valence-corrected chi connectivity index (χ4v) is 1.30. The second-order valence-corrected chi connectivity index (χ2v) is 4.78. The lowest BCUT2D eigenvalue weighted by Gasteiger charge is -2.15. The van der Waals surface area contributed by atoms with Gasteiger partial charge < -0.3 is 31.2 Å². The molecule has 0 aromatic rings. The number of hydrogen-bond acceptors (Lipinski definition) is 7. The van der Waals surface area contributed by atoms with Crippen LogP contribution >= 0.6 is 0 Å². The molecule has 0 aliphatic heterocycles. The summed E-state index contributed by atoms with van der Waals surface area (Å²) >= 11 is 0. The molecule has 0 rings (SSSR count). The zero-order chi connectivity index (χ0) is 16.1. The number of carbonyl (C=O) groups excluding carboxylic acids is 2. The van der Waals surface area contributed by atoms with E-state index in [0.717, 1.165) is 19.6 Å². The normalized spacial score (nSPS) is 12.0. The molecule has 1 atom stereocenters. The number of esters is 1. The first-order chi connectivity index (χ1) is 9.97. The summed E-state index contributed by atoms with van der Waals surface area (Å²) in [6.07, 6.45) is -1.50. The van der Waals surface area contributed by atoms with Crippen LogP contribution < -0.4 is 21.7 Å². The summed E-state index contributed by atoms with van der Waals surface area (Å²) in [4.78, 5) is 22.7. The van der Waals surface area contributed by atoms with Crippen molar-refractivity contribution in [2.75, 3.05) is 39.3 Å². The quantitative estimate of drug-likeness (QED) is 0.229. The fourth-order valence-electron chi connectivity index (χ4n) is 1.30. The van der Waals surface area contributed by atoms with E-state index in [9.17, 15) is 9.59 Å². The summed E-state index contributed by atoms with van der Waals surface area (Å²) in [5.74, 6) is -0.655. The molecular weight excluding hydrogens is 276 g/mol. The average molecular weight is 304 g/mol. The van der Waals surface area contributed by atoms with E-state index in [0.29, 0.717) is 19.6 Å². The maximum absolute atomic E-state index is 11.4. The van der Waals surface area contributed by atoms with E-state index in [-0.39, 0.29) is 5.92 Å². The Morgan fingerprint density at radius 2 is 1.52 bits per heavy atom. The van der Waals surface area contributed by atoms with Gasteiger partial charge in [0, 0.05) is 46.2 Å². The molecule has 0 bridgehead atoms. The van der Waals surface area contributed by atoms with Gasteiger partial charge in [0.15, 0.2) is 0 Å². The van der Waals surface area contributed by atoms with Crippen LogP contribution in [-0.4, -0.2) is 57.6 Å². The molecule has 1 amide bonds. The van der Waals surface area contributed by atoms with E-state index in [1.54, 1.807) is 13.8 Å². The van der Waals surface area contributed by atoms with Crippen molar-refractivity contribution in [3.63, 3.8) is 0 Å². The number of carbonyl (C=O) groups is 2. The van der Waals surface area contributed by atoms with E-state index >= 15 is 0 Å². The van der Waals surface area contributed by atoms with Crippen LogP contribution in [0.3, 0.4) is 0 Å². The maximum Gasteiger partial charge on any atom is 0.410 e. The highest BCUT2D eigenvalue weighted by atomic mass is 16.7. The van der Waals surface area contributed by atoms with E-state index in [1.807, 2.05) is 0 Å². The molecule has 0 radical (unpaired) electrons. The Morgan fingerprint density at radius 3 is 2.10 bits per heavy atom. The third-order valence-electron chi connectivity index (χ3n) is 2.40. The van der Waals surface area contributed by atoms with Crippen LogP contribution in [0.25, 0.3) is 0 Å². The summed E-state index contributed by atoms with van der Waals surface area (Å²) in [6, 6.07) is 0. The summed E-state index contributed by atoms with van der Waals surface area (Å²) in [7, 11) is 0. The fraction of sp³-hybridized carbons (Fsp3) is 0.846. The van der Waals surface area contributed by atoms with Crippen molar-refractivity contribution in [1.29, 1.82) is 0 Å². The zero-order valence-corrected chi connectivity index (χ0v) is 13.1. The highest BCUT2D eigenvalue weighted by molar-refractivity contribution is 5.72. The summed E-state index contributed by atoms with van der Waals surface area (Å²) in [5.41, 5.74) is 5.33. The molecule has 0 saturated heterocycles. The first-order valence-corrected chi connectivity index (χ1v) is 7.23. The van der Waals surface area contributed by atoms with Crippen LogP contribution in [0, 0.1) is 5.92 Å². The minimum atomic E-state index is -0.895. The summed E-state index contributed by atoms with van der Waals surface area (Å²) < 4.78 is 9.79. The third kappa shape index (κ3) is 12.1. The molecule has 0 spiro atoms. The van der Waals surface area contributed by atoms with E-state index in [4.69, 9.17) is 15.2 Å². The van der Waals surface area contributed by atoms with Gasteiger partial charge in [0.1, 0.15) is 0 Å².